The Bertz CT molecular complexity index is 151. The first-order chi connectivity index (χ1) is 6.10. The first kappa shape index (κ1) is 13.9. The van der Waals surface area contributed by atoms with E-state index in [0.29, 0.717) is 5.41 Å². The molecule has 0 aliphatic heterocycles. The molecule has 0 aromatic heterocycles. The summed E-state index contributed by atoms with van der Waals surface area (Å²) in [5.74, 6) is 0. The smallest absolute Gasteiger partial charge is 0.0104 e. The molecule has 0 unspecified atom stereocenters. The molecule has 0 saturated heterocycles. The summed E-state index contributed by atoms with van der Waals surface area (Å²) in [7, 11) is 2.19. The van der Waals surface area contributed by atoms with Crippen LogP contribution in [0.5, 0.6) is 0 Å². The number of hydrogen-bond acceptors (Lipinski definition) is 2. The minimum atomic E-state index is 0.239. The Morgan fingerprint density at radius 3 is 1.86 bits per heavy atom. The van der Waals surface area contributed by atoms with Gasteiger partial charge in [-0.05, 0) is 33.2 Å². The van der Waals surface area contributed by atoms with Crippen LogP contribution in [0.15, 0.2) is 0 Å². The summed E-state index contributed by atoms with van der Waals surface area (Å²) in [6, 6.07) is 0. The molecule has 0 heterocycles. The molecule has 0 aliphatic rings. The third-order valence-corrected chi connectivity index (χ3v) is 1.89. The van der Waals surface area contributed by atoms with Crippen LogP contribution in [0.4, 0.5) is 0 Å². The van der Waals surface area contributed by atoms with E-state index in [0.717, 1.165) is 19.6 Å². The van der Waals surface area contributed by atoms with Crippen molar-refractivity contribution >= 4 is 0 Å². The van der Waals surface area contributed by atoms with Crippen molar-refractivity contribution in [3.05, 3.63) is 0 Å². The molecular formula is C12H28N2. The molecular weight excluding hydrogens is 172 g/mol. The Balaban J connectivity index is 3.60. The molecule has 0 saturated carbocycles. The van der Waals surface area contributed by atoms with Crippen molar-refractivity contribution in [1.82, 2.24) is 10.2 Å². The molecule has 0 atom stereocenters. The summed E-state index contributed by atoms with van der Waals surface area (Å²) in [5, 5.41) is 3.50. The SMILES string of the molecule is CN(CCNC(C)(C)C)CC(C)(C)C. The second-order valence-electron chi connectivity index (χ2n) is 6.48. The van der Waals surface area contributed by atoms with Gasteiger partial charge >= 0.3 is 0 Å². The van der Waals surface area contributed by atoms with Crippen molar-refractivity contribution in [3.63, 3.8) is 0 Å². The summed E-state index contributed by atoms with van der Waals surface area (Å²) in [6.07, 6.45) is 0. The molecule has 0 aromatic rings. The molecule has 0 rings (SSSR count). The van der Waals surface area contributed by atoms with Gasteiger partial charge in [0.1, 0.15) is 0 Å². The van der Waals surface area contributed by atoms with Crippen molar-refractivity contribution < 1.29 is 0 Å². The zero-order valence-electron chi connectivity index (χ0n) is 11.1. The Labute approximate surface area is 90.1 Å². The first-order valence-corrected chi connectivity index (χ1v) is 5.54. The average molecular weight is 200 g/mol. The number of nitrogens with one attached hydrogen (secondary N) is 1. The lowest BCUT2D eigenvalue weighted by Crippen LogP contribution is -2.42. The fourth-order valence-electron chi connectivity index (χ4n) is 1.51. The third kappa shape index (κ3) is 10.0. The second kappa shape index (κ2) is 5.13. The van der Waals surface area contributed by atoms with E-state index in [-0.39, 0.29) is 5.54 Å². The highest BCUT2D eigenvalue weighted by Gasteiger charge is 2.14. The minimum absolute atomic E-state index is 0.239. The second-order valence-corrected chi connectivity index (χ2v) is 6.48. The van der Waals surface area contributed by atoms with Gasteiger partial charge in [-0.1, -0.05) is 20.8 Å². The number of hydrogen-bond donors (Lipinski definition) is 1. The maximum Gasteiger partial charge on any atom is 0.0104 e. The van der Waals surface area contributed by atoms with Gasteiger partial charge in [0.2, 0.25) is 0 Å². The fourth-order valence-corrected chi connectivity index (χ4v) is 1.51. The van der Waals surface area contributed by atoms with Gasteiger partial charge in [0, 0.05) is 25.2 Å². The number of nitrogens with zero attached hydrogens (tertiary/aromatic N) is 1. The predicted octanol–water partition coefficient (Wildman–Crippen LogP) is 2.35. The van der Waals surface area contributed by atoms with Crippen LogP contribution in [0.25, 0.3) is 0 Å². The lowest BCUT2D eigenvalue weighted by atomic mass is 9.96. The van der Waals surface area contributed by atoms with Crippen LogP contribution >= 0.6 is 0 Å². The summed E-state index contributed by atoms with van der Waals surface area (Å²) in [6.45, 7) is 16.8. The van der Waals surface area contributed by atoms with Crippen LogP contribution < -0.4 is 5.32 Å². The van der Waals surface area contributed by atoms with E-state index in [4.69, 9.17) is 0 Å². The summed E-state index contributed by atoms with van der Waals surface area (Å²) >= 11 is 0. The molecule has 2 nitrogen and oxygen atoms in total. The third-order valence-electron chi connectivity index (χ3n) is 1.89. The quantitative estimate of drug-likeness (QED) is 0.749. The van der Waals surface area contributed by atoms with Crippen LogP contribution in [0, 0.1) is 5.41 Å². The minimum Gasteiger partial charge on any atom is -0.311 e. The van der Waals surface area contributed by atoms with Gasteiger partial charge in [0.15, 0.2) is 0 Å². The van der Waals surface area contributed by atoms with E-state index < -0.39 is 0 Å². The van der Waals surface area contributed by atoms with E-state index in [9.17, 15) is 0 Å². The van der Waals surface area contributed by atoms with Crippen molar-refractivity contribution in [2.24, 2.45) is 5.41 Å². The van der Waals surface area contributed by atoms with Gasteiger partial charge < -0.3 is 10.2 Å². The lowest BCUT2D eigenvalue weighted by Gasteiger charge is -2.28. The van der Waals surface area contributed by atoms with Crippen molar-refractivity contribution in [2.45, 2.75) is 47.1 Å². The molecule has 14 heavy (non-hydrogen) atoms. The molecule has 0 amide bonds. The summed E-state index contributed by atoms with van der Waals surface area (Å²) in [4.78, 5) is 2.39. The van der Waals surface area contributed by atoms with Crippen LogP contribution in [-0.4, -0.2) is 37.1 Å². The molecule has 2 heteroatoms. The van der Waals surface area contributed by atoms with Crippen LogP contribution in [0.2, 0.25) is 0 Å². The van der Waals surface area contributed by atoms with Crippen molar-refractivity contribution in [1.29, 1.82) is 0 Å². The van der Waals surface area contributed by atoms with Gasteiger partial charge in [-0.3, -0.25) is 0 Å². The van der Waals surface area contributed by atoms with Gasteiger partial charge in [-0.15, -0.1) is 0 Å². The van der Waals surface area contributed by atoms with Gasteiger partial charge in [0.05, 0.1) is 0 Å². The molecule has 1 N–H and O–H groups in total. The average Bonchev–Trinajstić information content (AvgIpc) is 1.78. The summed E-state index contributed by atoms with van der Waals surface area (Å²) < 4.78 is 0. The maximum atomic E-state index is 3.50. The highest BCUT2D eigenvalue weighted by Crippen LogP contribution is 2.13. The standard InChI is InChI=1S/C12H28N2/c1-11(2,3)10-14(7)9-8-13-12(4,5)6/h13H,8-10H2,1-7H3. The molecule has 0 fully saturated rings. The van der Waals surface area contributed by atoms with Gasteiger partial charge in [0.25, 0.3) is 0 Å². The molecule has 0 bridgehead atoms. The molecule has 0 spiro atoms. The predicted molar refractivity (Wildman–Crippen MR) is 64.7 cm³/mol. The van der Waals surface area contributed by atoms with Crippen molar-refractivity contribution in [3.8, 4) is 0 Å². The number of likely N-dealkylation sites (N-methyl/N-ethyl adjacent to an activating group) is 1. The van der Waals surface area contributed by atoms with E-state index in [1.807, 2.05) is 0 Å². The monoisotopic (exact) mass is 200 g/mol. The summed E-state index contributed by atoms with van der Waals surface area (Å²) in [5.41, 5.74) is 0.638. The Morgan fingerprint density at radius 2 is 1.50 bits per heavy atom. The lowest BCUT2D eigenvalue weighted by molar-refractivity contribution is 0.221. The van der Waals surface area contributed by atoms with Crippen molar-refractivity contribution in [2.75, 3.05) is 26.7 Å². The van der Waals surface area contributed by atoms with Crippen LogP contribution in [0.1, 0.15) is 41.5 Å². The van der Waals surface area contributed by atoms with Crippen LogP contribution in [-0.2, 0) is 0 Å². The normalized spacial score (nSPS) is 13.7. The molecule has 0 aliphatic carbocycles. The Kier molecular flexibility index (Phi) is 5.10. The Hall–Kier alpha value is -0.0800. The van der Waals surface area contributed by atoms with E-state index in [1.54, 1.807) is 0 Å². The number of rotatable bonds is 4. The van der Waals surface area contributed by atoms with Gasteiger partial charge in [-0.2, -0.15) is 0 Å². The first-order valence-electron chi connectivity index (χ1n) is 5.54. The fraction of sp³-hybridized carbons (Fsp3) is 1.00. The highest BCUT2D eigenvalue weighted by atomic mass is 15.1. The van der Waals surface area contributed by atoms with Crippen LogP contribution in [0.3, 0.4) is 0 Å². The zero-order chi connectivity index (χ0) is 11.4. The molecule has 86 valence electrons. The molecule has 0 radical (unpaired) electrons. The largest absolute Gasteiger partial charge is 0.311 e. The van der Waals surface area contributed by atoms with E-state index in [1.165, 1.54) is 0 Å². The van der Waals surface area contributed by atoms with E-state index >= 15 is 0 Å². The van der Waals surface area contributed by atoms with E-state index in [2.05, 4.69) is 58.8 Å². The maximum absolute atomic E-state index is 3.50. The molecule has 0 aromatic carbocycles. The Morgan fingerprint density at radius 1 is 1.00 bits per heavy atom. The highest BCUT2D eigenvalue weighted by molar-refractivity contribution is 4.72. The topological polar surface area (TPSA) is 15.3 Å². The zero-order valence-corrected chi connectivity index (χ0v) is 11.1. The van der Waals surface area contributed by atoms with Gasteiger partial charge in [-0.25, -0.2) is 0 Å².